The van der Waals surface area contributed by atoms with Crippen LogP contribution in [0.25, 0.3) is 0 Å². The zero-order chi connectivity index (χ0) is 20.7. The summed E-state index contributed by atoms with van der Waals surface area (Å²) in [5.74, 6) is -1.41. The second-order valence-corrected chi connectivity index (χ2v) is 8.78. The minimum Gasteiger partial charge on any atom is -0.467 e. The molecule has 0 aromatic heterocycles. The Bertz CT molecular complexity index is 925. The van der Waals surface area contributed by atoms with Gasteiger partial charge in [-0.05, 0) is 31.0 Å². The van der Waals surface area contributed by atoms with Crippen LogP contribution in [0, 0.1) is 6.92 Å². The number of esters is 1. The van der Waals surface area contributed by atoms with Crippen molar-refractivity contribution in [2.45, 2.75) is 25.6 Å². The summed E-state index contributed by atoms with van der Waals surface area (Å²) in [5, 5.41) is 0. The first-order valence-corrected chi connectivity index (χ1v) is 10.7. The molecule has 0 aliphatic heterocycles. The third kappa shape index (κ3) is 5.66. The van der Waals surface area contributed by atoms with E-state index in [-0.39, 0.29) is 18.1 Å². The molecule has 150 valence electrons. The molecule has 0 saturated heterocycles. The van der Waals surface area contributed by atoms with Crippen molar-refractivity contribution >= 4 is 27.3 Å². The molecule has 0 radical (unpaired) electrons. The lowest BCUT2D eigenvalue weighted by Crippen LogP contribution is -2.49. The van der Waals surface area contributed by atoms with Gasteiger partial charge in [0.1, 0.15) is 0 Å². The third-order valence-electron chi connectivity index (χ3n) is 4.42. The zero-order valence-corrected chi connectivity index (χ0v) is 17.1. The molecule has 0 fully saturated rings. The Morgan fingerprint density at radius 3 is 2.21 bits per heavy atom. The number of sulfone groups is 1. The summed E-state index contributed by atoms with van der Waals surface area (Å²) in [4.78, 5) is 26.0. The van der Waals surface area contributed by atoms with Crippen LogP contribution >= 0.6 is 0 Å². The van der Waals surface area contributed by atoms with Crippen LogP contribution in [0.5, 0.6) is 0 Å². The van der Waals surface area contributed by atoms with Crippen molar-refractivity contribution in [3.05, 3.63) is 65.7 Å². The van der Waals surface area contributed by atoms with E-state index in [0.717, 1.165) is 5.56 Å². The van der Waals surface area contributed by atoms with Crippen LogP contribution in [0.3, 0.4) is 0 Å². The number of ketones is 1. The molecule has 6 nitrogen and oxygen atoms in total. The number of nitrogens with zero attached hydrogens (tertiary/aromatic N) is 1. The maximum atomic E-state index is 12.6. The SMILES string of the molecule is COC(=O)C(C(C)=O)N(CCS(=O)(=O)Cc1ccccc1)c1ccccc1C. The van der Waals surface area contributed by atoms with E-state index in [9.17, 15) is 18.0 Å². The molecule has 0 spiro atoms. The van der Waals surface area contributed by atoms with Crippen molar-refractivity contribution in [3.8, 4) is 0 Å². The van der Waals surface area contributed by atoms with Crippen LogP contribution < -0.4 is 4.90 Å². The number of carbonyl (C=O) groups is 2. The number of benzene rings is 2. The van der Waals surface area contributed by atoms with E-state index in [2.05, 4.69) is 0 Å². The number of hydrogen-bond donors (Lipinski definition) is 0. The second-order valence-electron chi connectivity index (χ2n) is 6.59. The van der Waals surface area contributed by atoms with Gasteiger partial charge in [0.15, 0.2) is 21.7 Å². The number of carbonyl (C=O) groups excluding carboxylic acids is 2. The summed E-state index contributed by atoms with van der Waals surface area (Å²) in [6.07, 6.45) is 0. The van der Waals surface area contributed by atoms with E-state index in [4.69, 9.17) is 4.74 Å². The maximum Gasteiger partial charge on any atom is 0.336 e. The fraction of sp³-hybridized carbons (Fsp3) is 0.333. The van der Waals surface area contributed by atoms with Crippen molar-refractivity contribution in [2.24, 2.45) is 0 Å². The first-order chi connectivity index (χ1) is 13.2. The average molecular weight is 404 g/mol. The number of ether oxygens (including phenoxy) is 1. The summed E-state index contributed by atoms with van der Waals surface area (Å²) in [6, 6.07) is 14.9. The molecule has 2 aromatic carbocycles. The highest BCUT2D eigenvalue weighted by atomic mass is 32.2. The normalized spacial score (nSPS) is 12.2. The number of methoxy groups -OCH3 is 1. The van der Waals surface area contributed by atoms with Crippen LogP contribution in [-0.2, 0) is 29.9 Å². The van der Waals surface area contributed by atoms with Crippen molar-refractivity contribution in [1.82, 2.24) is 0 Å². The lowest BCUT2D eigenvalue weighted by atomic mass is 10.1. The number of aryl methyl sites for hydroxylation is 1. The molecule has 0 aliphatic rings. The Balaban J connectivity index is 2.30. The number of anilines is 1. The fourth-order valence-corrected chi connectivity index (χ4v) is 4.36. The Kier molecular flexibility index (Phi) is 7.34. The Morgan fingerprint density at radius 2 is 1.64 bits per heavy atom. The summed E-state index contributed by atoms with van der Waals surface area (Å²) >= 11 is 0. The van der Waals surface area contributed by atoms with Gasteiger partial charge in [0.25, 0.3) is 0 Å². The number of rotatable bonds is 9. The van der Waals surface area contributed by atoms with Gasteiger partial charge < -0.3 is 9.64 Å². The van der Waals surface area contributed by atoms with E-state index in [1.54, 1.807) is 36.4 Å². The molecule has 7 heteroatoms. The highest BCUT2D eigenvalue weighted by Gasteiger charge is 2.33. The summed E-state index contributed by atoms with van der Waals surface area (Å²) in [6.45, 7) is 3.14. The molecule has 0 aliphatic carbocycles. The highest BCUT2D eigenvalue weighted by molar-refractivity contribution is 7.90. The smallest absolute Gasteiger partial charge is 0.336 e. The molecule has 1 unspecified atom stereocenters. The first-order valence-electron chi connectivity index (χ1n) is 8.90. The van der Waals surface area contributed by atoms with Crippen molar-refractivity contribution in [3.63, 3.8) is 0 Å². The highest BCUT2D eigenvalue weighted by Crippen LogP contribution is 2.23. The predicted octanol–water partition coefficient (Wildman–Crippen LogP) is 2.55. The molecule has 0 bridgehead atoms. The van der Waals surface area contributed by atoms with Crippen molar-refractivity contribution in [1.29, 1.82) is 0 Å². The van der Waals surface area contributed by atoms with Crippen molar-refractivity contribution < 1.29 is 22.7 Å². The number of hydrogen-bond acceptors (Lipinski definition) is 6. The molecular formula is C21H25NO5S. The molecule has 0 saturated carbocycles. The molecule has 2 rings (SSSR count). The summed E-state index contributed by atoms with van der Waals surface area (Å²) in [7, 11) is -2.24. The molecule has 28 heavy (non-hydrogen) atoms. The molecule has 0 N–H and O–H groups in total. The average Bonchev–Trinajstić information content (AvgIpc) is 2.65. The van der Waals surface area contributed by atoms with Gasteiger partial charge >= 0.3 is 5.97 Å². The van der Waals surface area contributed by atoms with Gasteiger partial charge in [-0.15, -0.1) is 0 Å². The van der Waals surface area contributed by atoms with E-state index in [0.29, 0.717) is 11.3 Å². The van der Waals surface area contributed by atoms with Gasteiger partial charge in [0, 0.05) is 12.2 Å². The summed E-state index contributed by atoms with van der Waals surface area (Å²) < 4.78 is 30.0. The van der Waals surface area contributed by atoms with Crippen LogP contribution in [0.2, 0.25) is 0 Å². The molecule has 1 atom stereocenters. The number of Topliss-reactive ketones (excluding diaryl/α,β-unsaturated/α-hetero) is 1. The topological polar surface area (TPSA) is 80.8 Å². The largest absolute Gasteiger partial charge is 0.467 e. The van der Waals surface area contributed by atoms with E-state index < -0.39 is 27.6 Å². The van der Waals surface area contributed by atoms with Crippen molar-refractivity contribution in [2.75, 3.05) is 24.3 Å². The minimum absolute atomic E-state index is 0.000628. The summed E-state index contributed by atoms with van der Waals surface area (Å²) in [5.41, 5.74) is 2.15. The van der Waals surface area contributed by atoms with Gasteiger partial charge in [0.2, 0.25) is 0 Å². The minimum atomic E-state index is -3.45. The van der Waals surface area contributed by atoms with Crippen LogP contribution in [-0.4, -0.2) is 45.6 Å². The van der Waals surface area contributed by atoms with Gasteiger partial charge in [-0.3, -0.25) is 4.79 Å². The van der Waals surface area contributed by atoms with E-state index in [1.165, 1.54) is 18.9 Å². The molecular weight excluding hydrogens is 378 g/mol. The van der Waals surface area contributed by atoms with Crippen LogP contribution in [0.15, 0.2) is 54.6 Å². The Morgan fingerprint density at radius 1 is 1.04 bits per heavy atom. The van der Waals surface area contributed by atoms with Gasteiger partial charge in [0.05, 0.1) is 18.6 Å². The van der Waals surface area contributed by atoms with Gasteiger partial charge in [-0.1, -0.05) is 48.5 Å². The lowest BCUT2D eigenvalue weighted by Gasteiger charge is -2.31. The predicted molar refractivity (Wildman–Crippen MR) is 109 cm³/mol. The third-order valence-corrected chi connectivity index (χ3v) is 6.00. The van der Waals surface area contributed by atoms with Crippen LogP contribution in [0.1, 0.15) is 18.1 Å². The molecule has 0 amide bonds. The first kappa shape index (κ1) is 21.6. The fourth-order valence-electron chi connectivity index (χ4n) is 3.04. The Hall–Kier alpha value is -2.67. The van der Waals surface area contributed by atoms with Crippen LogP contribution in [0.4, 0.5) is 5.69 Å². The van der Waals surface area contributed by atoms with Gasteiger partial charge in [-0.25, -0.2) is 13.2 Å². The standard InChI is InChI=1S/C21H25NO5S/c1-16-9-7-8-12-19(16)22(20(17(2)23)21(24)27-3)13-14-28(25,26)15-18-10-5-4-6-11-18/h4-12,20H,13-15H2,1-3H3. The Labute approximate surface area is 166 Å². The van der Waals surface area contributed by atoms with E-state index >= 15 is 0 Å². The van der Waals surface area contributed by atoms with E-state index in [1.807, 2.05) is 25.1 Å². The second kappa shape index (κ2) is 9.50. The van der Waals surface area contributed by atoms with Gasteiger partial charge in [-0.2, -0.15) is 0 Å². The number of para-hydroxylation sites is 1. The lowest BCUT2D eigenvalue weighted by molar-refractivity contribution is -0.145. The zero-order valence-electron chi connectivity index (χ0n) is 16.3. The quantitative estimate of drug-likeness (QED) is 0.473. The monoisotopic (exact) mass is 403 g/mol. The maximum absolute atomic E-state index is 12.6. The molecule has 2 aromatic rings. The molecule has 0 heterocycles.